The molecule has 0 saturated carbocycles. The molecule has 0 radical (unpaired) electrons. The van der Waals surface area contributed by atoms with Crippen LogP contribution in [0.2, 0.25) is 0 Å². The number of hydrogen-bond donors (Lipinski definition) is 0. The standard InChI is InChI=1S/C33H30O7/c34-31(26-17-9-3-10-18-26)37-23-28-29(40-32(35)27-19-11-4-12-20-27)30(36-21-24-13-5-1-6-14-24)33(39-28)38-22-25-15-7-2-8-16-25/h1-20,28-30,33H,21-23H2/t28-,29-,30-,33-/m1/s1. The van der Waals surface area contributed by atoms with E-state index in [1.54, 1.807) is 48.5 Å². The first kappa shape index (κ1) is 27.3. The number of benzene rings is 4. The fourth-order valence-electron chi connectivity index (χ4n) is 4.38. The third-order valence-corrected chi connectivity index (χ3v) is 6.45. The SMILES string of the molecule is O=C(OC[C@H]1O[C@@H](OCc2ccccc2)[C@H](OCc2ccccc2)[C@@H]1OC(=O)c1ccccc1)c1ccccc1. The molecule has 0 spiro atoms. The lowest BCUT2D eigenvalue weighted by molar-refractivity contribution is -0.188. The Kier molecular flexibility index (Phi) is 9.32. The molecule has 4 aromatic carbocycles. The number of esters is 2. The predicted octanol–water partition coefficient (Wildman–Crippen LogP) is 5.60. The Morgan fingerprint density at radius 2 is 1.05 bits per heavy atom. The van der Waals surface area contributed by atoms with Crippen LogP contribution in [-0.4, -0.2) is 43.1 Å². The van der Waals surface area contributed by atoms with Gasteiger partial charge in [0.2, 0.25) is 0 Å². The molecule has 1 heterocycles. The first-order valence-electron chi connectivity index (χ1n) is 13.1. The molecule has 1 saturated heterocycles. The quantitative estimate of drug-likeness (QED) is 0.230. The molecule has 0 aliphatic carbocycles. The second-order valence-corrected chi connectivity index (χ2v) is 9.30. The van der Waals surface area contributed by atoms with Crippen molar-refractivity contribution in [2.45, 2.75) is 37.8 Å². The first-order chi connectivity index (χ1) is 19.7. The average molecular weight is 539 g/mol. The molecule has 4 aromatic rings. The first-order valence-corrected chi connectivity index (χ1v) is 13.1. The number of ether oxygens (including phenoxy) is 5. The topological polar surface area (TPSA) is 80.3 Å². The van der Waals surface area contributed by atoms with Gasteiger partial charge < -0.3 is 23.7 Å². The van der Waals surface area contributed by atoms with Crippen molar-refractivity contribution in [3.8, 4) is 0 Å². The molecule has 0 bridgehead atoms. The Hall–Kier alpha value is -4.30. The van der Waals surface area contributed by atoms with Gasteiger partial charge in [-0.25, -0.2) is 9.59 Å². The van der Waals surface area contributed by atoms with Crippen LogP contribution in [0.15, 0.2) is 121 Å². The van der Waals surface area contributed by atoms with E-state index in [1.165, 1.54) is 0 Å². The van der Waals surface area contributed by atoms with Crippen molar-refractivity contribution in [1.29, 1.82) is 0 Å². The van der Waals surface area contributed by atoms with E-state index in [1.807, 2.05) is 72.8 Å². The van der Waals surface area contributed by atoms with Crippen LogP contribution in [0.1, 0.15) is 31.8 Å². The number of carbonyl (C=O) groups is 2. The predicted molar refractivity (Wildman–Crippen MR) is 147 cm³/mol. The van der Waals surface area contributed by atoms with Gasteiger partial charge in [-0.1, -0.05) is 97.1 Å². The summed E-state index contributed by atoms with van der Waals surface area (Å²) in [7, 11) is 0. The number of carbonyl (C=O) groups excluding carboxylic acids is 2. The molecule has 0 unspecified atom stereocenters. The van der Waals surface area contributed by atoms with Crippen LogP contribution >= 0.6 is 0 Å². The van der Waals surface area contributed by atoms with Gasteiger partial charge in [-0.2, -0.15) is 0 Å². The molecular formula is C33H30O7. The van der Waals surface area contributed by atoms with Gasteiger partial charge in [0.15, 0.2) is 12.4 Å². The van der Waals surface area contributed by atoms with Crippen molar-refractivity contribution >= 4 is 11.9 Å². The minimum absolute atomic E-state index is 0.156. The van der Waals surface area contributed by atoms with E-state index in [9.17, 15) is 9.59 Å². The molecule has 40 heavy (non-hydrogen) atoms. The Morgan fingerprint density at radius 1 is 0.575 bits per heavy atom. The van der Waals surface area contributed by atoms with Gasteiger partial charge >= 0.3 is 11.9 Å². The van der Waals surface area contributed by atoms with E-state index >= 15 is 0 Å². The third kappa shape index (κ3) is 7.21. The van der Waals surface area contributed by atoms with Crippen LogP contribution in [-0.2, 0) is 36.9 Å². The van der Waals surface area contributed by atoms with E-state index in [2.05, 4.69) is 0 Å². The lowest BCUT2D eigenvalue weighted by Crippen LogP contribution is -2.41. The Bertz CT molecular complexity index is 1350. The summed E-state index contributed by atoms with van der Waals surface area (Å²) in [6.07, 6.45) is -3.38. The highest BCUT2D eigenvalue weighted by Gasteiger charge is 2.49. The van der Waals surface area contributed by atoms with E-state index in [0.717, 1.165) is 11.1 Å². The van der Waals surface area contributed by atoms with Crippen LogP contribution in [0.25, 0.3) is 0 Å². The highest BCUT2D eigenvalue weighted by Crippen LogP contribution is 2.30. The Balaban J connectivity index is 1.37. The highest BCUT2D eigenvalue weighted by molar-refractivity contribution is 5.90. The molecule has 1 fully saturated rings. The molecular weight excluding hydrogens is 508 g/mol. The summed E-state index contributed by atoms with van der Waals surface area (Å²) in [6, 6.07) is 36.7. The van der Waals surface area contributed by atoms with Gasteiger partial charge in [-0.05, 0) is 35.4 Å². The van der Waals surface area contributed by atoms with Gasteiger partial charge in [-0.3, -0.25) is 0 Å². The molecule has 5 rings (SSSR count). The van der Waals surface area contributed by atoms with E-state index in [4.69, 9.17) is 23.7 Å². The Labute approximate surface area is 233 Å². The maximum atomic E-state index is 13.1. The fraction of sp³-hybridized carbons (Fsp3) is 0.212. The third-order valence-electron chi connectivity index (χ3n) is 6.45. The van der Waals surface area contributed by atoms with Crippen LogP contribution in [0.4, 0.5) is 0 Å². The van der Waals surface area contributed by atoms with Crippen molar-refractivity contribution in [3.63, 3.8) is 0 Å². The molecule has 0 N–H and O–H groups in total. The Morgan fingerprint density at radius 3 is 1.60 bits per heavy atom. The van der Waals surface area contributed by atoms with Crippen LogP contribution < -0.4 is 0 Å². The lowest BCUT2D eigenvalue weighted by Gasteiger charge is -2.24. The summed E-state index contributed by atoms with van der Waals surface area (Å²) in [4.78, 5) is 25.8. The van der Waals surface area contributed by atoms with E-state index in [-0.39, 0.29) is 19.8 Å². The van der Waals surface area contributed by atoms with Gasteiger partial charge in [0.1, 0.15) is 18.8 Å². The molecule has 4 atom stereocenters. The summed E-state index contributed by atoms with van der Waals surface area (Å²) in [5, 5.41) is 0. The molecule has 7 heteroatoms. The van der Waals surface area contributed by atoms with Crippen molar-refractivity contribution < 1.29 is 33.3 Å². The van der Waals surface area contributed by atoms with Crippen molar-refractivity contribution in [1.82, 2.24) is 0 Å². The van der Waals surface area contributed by atoms with Crippen molar-refractivity contribution in [3.05, 3.63) is 144 Å². The minimum Gasteiger partial charge on any atom is -0.459 e. The summed E-state index contributed by atoms with van der Waals surface area (Å²) >= 11 is 0. The maximum Gasteiger partial charge on any atom is 0.338 e. The maximum absolute atomic E-state index is 13.1. The van der Waals surface area contributed by atoms with Crippen LogP contribution in [0, 0.1) is 0 Å². The minimum atomic E-state index is -0.902. The average Bonchev–Trinajstić information content (AvgIpc) is 3.35. The molecule has 0 amide bonds. The smallest absolute Gasteiger partial charge is 0.338 e. The largest absolute Gasteiger partial charge is 0.459 e. The number of rotatable bonds is 11. The van der Waals surface area contributed by atoms with Gasteiger partial charge in [0, 0.05) is 0 Å². The monoisotopic (exact) mass is 538 g/mol. The van der Waals surface area contributed by atoms with E-state index < -0.39 is 36.5 Å². The summed E-state index contributed by atoms with van der Waals surface area (Å²) < 4.78 is 30.2. The van der Waals surface area contributed by atoms with E-state index in [0.29, 0.717) is 11.1 Å². The number of hydrogen-bond acceptors (Lipinski definition) is 7. The van der Waals surface area contributed by atoms with Crippen LogP contribution in [0.5, 0.6) is 0 Å². The second-order valence-electron chi connectivity index (χ2n) is 9.30. The van der Waals surface area contributed by atoms with Gasteiger partial charge in [-0.15, -0.1) is 0 Å². The zero-order valence-electron chi connectivity index (χ0n) is 21.8. The van der Waals surface area contributed by atoms with Crippen LogP contribution in [0.3, 0.4) is 0 Å². The molecule has 204 valence electrons. The van der Waals surface area contributed by atoms with Crippen molar-refractivity contribution in [2.75, 3.05) is 6.61 Å². The zero-order valence-corrected chi connectivity index (χ0v) is 21.8. The normalized spacial score (nSPS) is 20.1. The molecule has 1 aliphatic rings. The second kappa shape index (κ2) is 13.7. The highest BCUT2D eigenvalue weighted by atomic mass is 16.7. The summed E-state index contributed by atoms with van der Waals surface area (Å²) in [5.41, 5.74) is 2.69. The summed E-state index contributed by atoms with van der Waals surface area (Å²) in [5.74, 6) is -1.04. The lowest BCUT2D eigenvalue weighted by atomic mass is 10.1. The van der Waals surface area contributed by atoms with Crippen molar-refractivity contribution in [2.24, 2.45) is 0 Å². The molecule has 0 aromatic heterocycles. The fourth-order valence-corrected chi connectivity index (χ4v) is 4.38. The molecule has 7 nitrogen and oxygen atoms in total. The zero-order chi connectivity index (χ0) is 27.6. The molecule has 1 aliphatic heterocycles. The summed E-state index contributed by atoms with van der Waals surface area (Å²) in [6.45, 7) is 0.347. The van der Waals surface area contributed by atoms with Gasteiger partial charge in [0.25, 0.3) is 0 Å². The van der Waals surface area contributed by atoms with Gasteiger partial charge in [0.05, 0.1) is 24.3 Å².